The molecule has 0 unspecified atom stereocenters. The summed E-state index contributed by atoms with van der Waals surface area (Å²) in [5, 5.41) is 0. The molecule has 0 atom stereocenters. The molecule has 0 bridgehead atoms. The summed E-state index contributed by atoms with van der Waals surface area (Å²) in [6.07, 6.45) is 0. The molecule has 0 amide bonds. The molecule has 8 radical (unpaired) electrons. The topological polar surface area (TPSA) is 0 Å². The molecule has 0 aromatic heterocycles. The zero-order valence-electron chi connectivity index (χ0n) is 20.0. The molecule has 4 heteroatoms. The van der Waals surface area contributed by atoms with Crippen molar-refractivity contribution in [2.75, 3.05) is 0 Å². The van der Waals surface area contributed by atoms with Crippen LogP contribution < -0.4 is 0 Å². The van der Waals surface area contributed by atoms with E-state index in [1.807, 2.05) is 0 Å². The summed E-state index contributed by atoms with van der Waals surface area (Å²) in [5.74, 6) is 0. The van der Waals surface area contributed by atoms with Crippen molar-refractivity contribution in [1.82, 2.24) is 0 Å². The summed E-state index contributed by atoms with van der Waals surface area (Å²) in [7, 11) is 2.17. The summed E-state index contributed by atoms with van der Waals surface area (Å²) < 4.78 is 2.62. The molecule has 0 aromatic carbocycles. The second-order valence-corrected chi connectivity index (χ2v) is 30.8. The third kappa shape index (κ3) is 64.7. The monoisotopic (exact) mass is 584 g/mol. The maximum Gasteiger partial charge on any atom is 0.0307 e. The molecule has 0 nitrogen and oxygen atoms in total. The predicted octanol–water partition coefficient (Wildman–Crippen LogP) is 7.83. The van der Waals surface area contributed by atoms with Crippen LogP contribution >= 0.6 is 0 Å². The molecule has 0 saturated carbocycles. The zero-order chi connectivity index (χ0) is 20.8. The van der Waals surface area contributed by atoms with Gasteiger partial charge < -0.3 is 0 Å². The van der Waals surface area contributed by atoms with Gasteiger partial charge in [-0.25, -0.2) is 0 Å². The minimum Gasteiger partial charge on any atom is -0.0735 e. The minimum absolute atomic E-state index is 0.182. The molecule has 0 saturated heterocycles. The molecule has 0 heterocycles. The number of rotatable bonds is 0. The molecule has 144 valence electrons. The minimum atomic E-state index is -0.182. The fourth-order valence-corrected chi connectivity index (χ4v) is 15.1. The summed E-state index contributed by atoms with van der Waals surface area (Å²) in [6.45, 7) is 37.0. The van der Waals surface area contributed by atoms with Crippen molar-refractivity contribution in [2.45, 2.75) is 123 Å². The van der Waals surface area contributed by atoms with Crippen LogP contribution in [0, 0.1) is 0 Å². The van der Waals surface area contributed by atoms with Crippen LogP contribution in [0.3, 0.4) is 0 Å². The van der Waals surface area contributed by atoms with Crippen molar-refractivity contribution in [3.05, 3.63) is 0 Å². The van der Waals surface area contributed by atoms with Gasteiger partial charge in [0.25, 0.3) is 0 Å². The Morgan fingerprint density at radius 1 is 0.375 bits per heavy atom. The SMILES string of the molecule is C[C](C)(C)[Sn][C](C)(C)C.C[C](C)(C)[Sn][C](C)(C)C.C[Si]C.C[Si]C. The van der Waals surface area contributed by atoms with Gasteiger partial charge in [-0.3, -0.25) is 0 Å². The van der Waals surface area contributed by atoms with Crippen LogP contribution in [0.2, 0.25) is 39.9 Å². The van der Waals surface area contributed by atoms with E-state index >= 15 is 0 Å². The third-order valence-corrected chi connectivity index (χ3v) is 10.1. The molecule has 0 aliphatic carbocycles. The Kier molecular flexibility index (Phi) is 22.4. The largest absolute Gasteiger partial charge is 0.0735 e. The molecule has 0 spiro atoms. The van der Waals surface area contributed by atoms with Crippen LogP contribution in [0.1, 0.15) is 83.1 Å². The van der Waals surface area contributed by atoms with Crippen molar-refractivity contribution in [2.24, 2.45) is 0 Å². The van der Waals surface area contributed by atoms with Gasteiger partial charge in [0.05, 0.1) is 0 Å². The summed E-state index contributed by atoms with van der Waals surface area (Å²) in [5.41, 5.74) is 0. The van der Waals surface area contributed by atoms with Crippen molar-refractivity contribution in [3.63, 3.8) is 0 Å². The van der Waals surface area contributed by atoms with Crippen LogP contribution in [-0.2, 0) is 0 Å². The van der Waals surface area contributed by atoms with Crippen molar-refractivity contribution < 1.29 is 0 Å². The van der Waals surface area contributed by atoms with Gasteiger partial charge in [0.15, 0.2) is 0 Å². The first-order valence-corrected chi connectivity index (χ1v) is 18.7. The summed E-state index contributed by atoms with van der Waals surface area (Å²) >= 11 is -0.363. The van der Waals surface area contributed by atoms with Gasteiger partial charge >= 0.3 is 139 Å². The molecule has 0 rings (SSSR count). The van der Waals surface area contributed by atoms with E-state index in [0.29, 0.717) is 13.7 Å². The van der Waals surface area contributed by atoms with Crippen molar-refractivity contribution in [1.29, 1.82) is 0 Å². The van der Waals surface area contributed by atoms with E-state index in [9.17, 15) is 0 Å². The second-order valence-electron chi connectivity index (χ2n) is 10.2. The second kappa shape index (κ2) is 16.0. The Bertz CT molecular complexity index is 199. The normalized spacial score (nSPS) is 12.0. The van der Waals surface area contributed by atoms with Crippen LogP contribution in [0.4, 0.5) is 0 Å². The molecule has 24 heavy (non-hydrogen) atoms. The maximum atomic E-state index is 2.37. The van der Waals surface area contributed by atoms with Gasteiger partial charge in [0, 0.05) is 19.0 Å². The Morgan fingerprint density at radius 3 is 0.458 bits per heavy atom. The number of hydrogen-bond acceptors (Lipinski definition) is 0. The Labute approximate surface area is 183 Å². The molecular weight excluding hydrogens is 534 g/mol. The fourth-order valence-electron chi connectivity index (χ4n) is 2.25. The van der Waals surface area contributed by atoms with E-state index in [0.717, 1.165) is 19.0 Å². The van der Waals surface area contributed by atoms with Gasteiger partial charge in [-0.15, -0.1) is 0 Å². The Hall–Kier alpha value is 2.03. The van der Waals surface area contributed by atoms with Gasteiger partial charge in [0.2, 0.25) is 0 Å². The molecule has 0 aromatic rings. The van der Waals surface area contributed by atoms with E-state index in [4.69, 9.17) is 0 Å². The van der Waals surface area contributed by atoms with E-state index in [1.54, 1.807) is 0 Å². The molecule has 0 fully saturated rings. The van der Waals surface area contributed by atoms with Crippen molar-refractivity contribution in [3.8, 4) is 0 Å². The Balaban J connectivity index is -0.000000126. The molecule has 0 aliphatic rings. The Morgan fingerprint density at radius 2 is 0.458 bits per heavy atom. The first kappa shape index (κ1) is 33.6. The number of hydrogen-bond donors (Lipinski definition) is 0. The van der Waals surface area contributed by atoms with E-state index in [1.165, 1.54) is 0 Å². The smallest absolute Gasteiger partial charge is 0.0307 e. The first-order chi connectivity index (χ1) is 10.2. The first-order valence-electron chi connectivity index (χ1n) is 9.00. The molecular formula is C20H48Si2Sn2. The summed E-state index contributed by atoms with van der Waals surface area (Å²) in [6, 6.07) is 0. The average molecular weight is 582 g/mol. The standard InChI is InChI=1S/4C4H9.2C2H6Si.2Sn/c4*1-4(2)3;2*1-3-2;;/h4*1-3H3;2*1-2H3;;. The van der Waals surface area contributed by atoms with E-state index in [-0.39, 0.29) is 42.3 Å². The zero-order valence-corrected chi connectivity index (χ0v) is 27.7. The quantitative estimate of drug-likeness (QED) is 0.256. The van der Waals surface area contributed by atoms with Crippen LogP contribution in [-0.4, -0.2) is 61.3 Å². The average Bonchev–Trinajstić information content (AvgIpc) is 2.06. The maximum absolute atomic E-state index is 2.37. The molecule has 0 aliphatic heterocycles. The van der Waals surface area contributed by atoms with Crippen molar-refractivity contribution >= 4 is 61.3 Å². The van der Waals surface area contributed by atoms with Gasteiger partial charge in [-0.05, 0) is 0 Å². The van der Waals surface area contributed by atoms with E-state index in [2.05, 4.69) is 109 Å². The van der Waals surface area contributed by atoms with Crippen LogP contribution in [0.15, 0.2) is 0 Å². The third-order valence-electron chi connectivity index (χ3n) is 1.50. The fraction of sp³-hybridized carbons (Fsp3) is 1.00. The van der Waals surface area contributed by atoms with Crippen LogP contribution in [0.25, 0.3) is 0 Å². The van der Waals surface area contributed by atoms with Gasteiger partial charge in [0.1, 0.15) is 0 Å². The van der Waals surface area contributed by atoms with E-state index < -0.39 is 0 Å². The van der Waals surface area contributed by atoms with Gasteiger partial charge in [-0.1, -0.05) is 26.2 Å². The summed E-state index contributed by atoms with van der Waals surface area (Å²) in [4.78, 5) is 0. The van der Waals surface area contributed by atoms with Crippen LogP contribution in [0.5, 0.6) is 0 Å². The predicted molar refractivity (Wildman–Crippen MR) is 125 cm³/mol. The molecule has 0 N–H and O–H groups in total. The van der Waals surface area contributed by atoms with Gasteiger partial charge in [-0.2, -0.15) is 0 Å².